The largest absolute Gasteiger partial charge is 0.497 e. The van der Waals surface area contributed by atoms with Crippen molar-refractivity contribution in [3.8, 4) is 11.5 Å². The summed E-state index contributed by atoms with van der Waals surface area (Å²) in [6.45, 7) is 0. The van der Waals surface area contributed by atoms with Gasteiger partial charge < -0.3 is 13.9 Å². The van der Waals surface area contributed by atoms with E-state index in [0.29, 0.717) is 22.3 Å². The van der Waals surface area contributed by atoms with Crippen LogP contribution >= 0.6 is 0 Å². The lowest BCUT2D eigenvalue weighted by atomic mass is 10.1. The average Bonchev–Trinajstić information content (AvgIpc) is 2.61. The first-order chi connectivity index (χ1) is 11.2. The van der Waals surface area contributed by atoms with Crippen molar-refractivity contribution in [3.63, 3.8) is 0 Å². The summed E-state index contributed by atoms with van der Waals surface area (Å²) in [5.41, 5.74) is 1.91. The molecule has 0 aliphatic carbocycles. The van der Waals surface area contributed by atoms with Gasteiger partial charge in [0.25, 0.3) is 0 Å². The Labute approximate surface area is 133 Å². The molecule has 0 unspecified atom stereocenters. The van der Waals surface area contributed by atoms with Crippen LogP contribution in [0.1, 0.15) is 11.1 Å². The highest BCUT2D eigenvalue weighted by atomic mass is 16.5. The Morgan fingerprint density at radius 2 is 1.61 bits per heavy atom. The predicted octanol–water partition coefficient (Wildman–Crippen LogP) is 3.98. The monoisotopic (exact) mass is 308 g/mol. The fourth-order valence-corrected chi connectivity index (χ4v) is 2.27. The van der Waals surface area contributed by atoms with Crippen LogP contribution in [0.2, 0.25) is 0 Å². The Bertz CT molecular complexity index is 905. The molecule has 1 heterocycles. The van der Waals surface area contributed by atoms with Crippen molar-refractivity contribution in [1.29, 1.82) is 0 Å². The van der Waals surface area contributed by atoms with Crippen molar-refractivity contribution in [2.24, 2.45) is 0 Å². The van der Waals surface area contributed by atoms with Gasteiger partial charge in [-0.25, -0.2) is 0 Å². The molecule has 0 radical (unpaired) electrons. The van der Waals surface area contributed by atoms with Crippen molar-refractivity contribution in [1.82, 2.24) is 0 Å². The number of methoxy groups -OCH3 is 2. The smallest absolute Gasteiger partial charge is 0.199 e. The van der Waals surface area contributed by atoms with Crippen molar-refractivity contribution in [2.75, 3.05) is 14.2 Å². The Morgan fingerprint density at radius 1 is 0.913 bits per heavy atom. The van der Waals surface area contributed by atoms with E-state index in [2.05, 4.69) is 0 Å². The summed E-state index contributed by atoms with van der Waals surface area (Å²) in [7, 11) is 3.20. The van der Waals surface area contributed by atoms with Crippen LogP contribution in [-0.2, 0) is 0 Å². The molecule has 1 aromatic heterocycles. The van der Waals surface area contributed by atoms with E-state index in [4.69, 9.17) is 13.9 Å². The number of fused-ring (bicyclic) bond motifs is 1. The van der Waals surface area contributed by atoms with Gasteiger partial charge in [0.2, 0.25) is 0 Å². The Hall–Kier alpha value is -3.01. The van der Waals surface area contributed by atoms with Gasteiger partial charge in [0.05, 0.1) is 25.2 Å². The molecule has 0 N–H and O–H groups in total. The minimum absolute atomic E-state index is 0.0707. The van der Waals surface area contributed by atoms with E-state index in [0.717, 1.165) is 11.3 Å². The van der Waals surface area contributed by atoms with Gasteiger partial charge in [0, 0.05) is 6.07 Å². The second-order valence-electron chi connectivity index (χ2n) is 4.99. The van der Waals surface area contributed by atoms with Crippen LogP contribution in [0, 0.1) is 0 Å². The third-order valence-electron chi connectivity index (χ3n) is 3.58. The number of hydrogen-bond acceptors (Lipinski definition) is 4. The maximum Gasteiger partial charge on any atom is 0.199 e. The molecule has 0 saturated heterocycles. The lowest BCUT2D eigenvalue weighted by Gasteiger charge is -2.02. The molecule has 0 aliphatic rings. The molecule has 116 valence electrons. The van der Waals surface area contributed by atoms with Gasteiger partial charge in [0.15, 0.2) is 5.43 Å². The Kier molecular flexibility index (Phi) is 4.15. The lowest BCUT2D eigenvalue weighted by Crippen LogP contribution is -2.04. The summed E-state index contributed by atoms with van der Waals surface area (Å²) in [4.78, 5) is 12.5. The summed E-state index contributed by atoms with van der Waals surface area (Å²) in [6.07, 6.45) is 5.07. The fourth-order valence-electron chi connectivity index (χ4n) is 2.27. The van der Waals surface area contributed by atoms with Gasteiger partial charge >= 0.3 is 0 Å². The highest BCUT2D eigenvalue weighted by molar-refractivity contribution is 5.81. The molecule has 2 aromatic carbocycles. The van der Waals surface area contributed by atoms with Crippen LogP contribution in [0.3, 0.4) is 0 Å². The standard InChI is InChI=1S/C19H16O4/c1-21-15-7-4-13(5-8-15)3-6-14-12-23-18-11-16(22-2)9-10-17(18)19(14)20/h3-12H,1-2H3/b6-3+. The lowest BCUT2D eigenvalue weighted by molar-refractivity contribution is 0.414. The van der Waals surface area contributed by atoms with E-state index >= 15 is 0 Å². The van der Waals surface area contributed by atoms with Gasteiger partial charge in [-0.1, -0.05) is 18.2 Å². The molecule has 3 rings (SSSR count). The Balaban J connectivity index is 1.94. The average molecular weight is 308 g/mol. The number of ether oxygens (including phenoxy) is 2. The van der Waals surface area contributed by atoms with Crippen LogP contribution in [0.25, 0.3) is 23.1 Å². The number of benzene rings is 2. The topological polar surface area (TPSA) is 48.7 Å². The molecule has 4 nitrogen and oxygen atoms in total. The number of rotatable bonds is 4. The first-order valence-electron chi connectivity index (χ1n) is 7.13. The second kappa shape index (κ2) is 6.40. The highest BCUT2D eigenvalue weighted by Gasteiger charge is 2.06. The van der Waals surface area contributed by atoms with E-state index in [1.807, 2.05) is 30.3 Å². The summed E-state index contributed by atoms with van der Waals surface area (Å²) < 4.78 is 15.8. The molecule has 0 spiro atoms. The minimum Gasteiger partial charge on any atom is -0.497 e. The first-order valence-corrected chi connectivity index (χ1v) is 7.13. The number of hydrogen-bond donors (Lipinski definition) is 0. The van der Waals surface area contributed by atoms with Crippen molar-refractivity contribution >= 4 is 23.1 Å². The minimum atomic E-state index is -0.0707. The van der Waals surface area contributed by atoms with Gasteiger partial charge in [0.1, 0.15) is 23.3 Å². The summed E-state index contributed by atoms with van der Waals surface area (Å²) in [6, 6.07) is 12.7. The third kappa shape index (κ3) is 3.11. The predicted molar refractivity (Wildman–Crippen MR) is 91.0 cm³/mol. The van der Waals surface area contributed by atoms with Gasteiger partial charge in [-0.15, -0.1) is 0 Å². The van der Waals surface area contributed by atoms with Crippen molar-refractivity contribution < 1.29 is 13.9 Å². The molecule has 3 aromatic rings. The molecular formula is C19H16O4. The molecule has 0 fully saturated rings. The van der Waals surface area contributed by atoms with Gasteiger partial charge in [-0.05, 0) is 35.9 Å². The first kappa shape index (κ1) is 14.9. The maximum absolute atomic E-state index is 12.5. The highest BCUT2D eigenvalue weighted by Crippen LogP contribution is 2.19. The van der Waals surface area contributed by atoms with E-state index < -0.39 is 0 Å². The molecule has 0 saturated carbocycles. The zero-order valence-corrected chi connectivity index (χ0v) is 12.9. The molecule has 0 aliphatic heterocycles. The normalized spacial score (nSPS) is 11.0. The van der Waals surface area contributed by atoms with Crippen LogP contribution in [-0.4, -0.2) is 14.2 Å². The third-order valence-corrected chi connectivity index (χ3v) is 3.58. The maximum atomic E-state index is 12.5. The zero-order chi connectivity index (χ0) is 16.2. The van der Waals surface area contributed by atoms with Gasteiger partial charge in [-0.2, -0.15) is 0 Å². The Morgan fingerprint density at radius 3 is 2.30 bits per heavy atom. The van der Waals surface area contributed by atoms with E-state index in [1.54, 1.807) is 38.5 Å². The molecular weight excluding hydrogens is 292 g/mol. The SMILES string of the molecule is COc1ccc(/C=C/c2coc3cc(OC)ccc3c2=O)cc1. The second-order valence-corrected chi connectivity index (χ2v) is 4.99. The van der Waals surface area contributed by atoms with E-state index in [1.165, 1.54) is 6.26 Å². The van der Waals surface area contributed by atoms with Crippen LogP contribution in [0.4, 0.5) is 0 Å². The quantitative estimate of drug-likeness (QED) is 0.731. The zero-order valence-electron chi connectivity index (χ0n) is 12.9. The molecule has 0 bridgehead atoms. The summed E-state index contributed by atoms with van der Waals surface area (Å²) in [5.74, 6) is 1.45. The summed E-state index contributed by atoms with van der Waals surface area (Å²) in [5, 5.41) is 0.530. The van der Waals surface area contributed by atoms with Crippen molar-refractivity contribution in [2.45, 2.75) is 0 Å². The van der Waals surface area contributed by atoms with Gasteiger partial charge in [-0.3, -0.25) is 4.79 Å². The van der Waals surface area contributed by atoms with Crippen LogP contribution < -0.4 is 14.9 Å². The summed E-state index contributed by atoms with van der Waals surface area (Å²) >= 11 is 0. The van der Waals surface area contributed by atoms with Crippen molar-refractivity contribution in [3.05, 3.63) is 70.1 Å². The van der Waals surface area contributed by atoms with Crippen LogP contribution in [0.5, 0.6) is 11.5 Å². The molecule has 4 heteroatoms. The molecule has 23 heavy (non-hydrogen) atoms. The molecule has 0 atom stereocenters. The van der Waals surface area contributed by atoms with E-state index in [9.17, 15) is 4.79 Å². The fraction of sp³-hybridized carbons (Fsp3) is 0.105. The van der Waals surface area contributed by atoms with E-state index in [-0.39, 0.29) is 5.43 Å². The van der Waals surface area contributed by atoms with Crippen LogP contribution in [0.15, 0.2) is 57.9 Å². The molecule has 0 amide bonds.